The van der Waals surface area contributed by atoms with Crippen molar-refractivity contribution < 1.29 is 0 Å². The topological polar surface area (TPSA) is 69.1 Å². The quantitative estimate of drug-likeness (QED) is 0.922. The van der Waals surface area contributed by atoms with Gasteiger partial charge in [-0.05, 0) is 11.8 Å². The molecule has 0 bridgehead atoms. The Morgan fingerprint density at radius 3 is 2.61 bits per heavy atom. The summed E-state index contributed by atoms with van der Waals surface area (Å²) in [5, 5.41) is 14.0. The average molecular weight is 267 g/mol. The van der Waals surface area contributed by atoms with Crippen LogP contribution in [0.5, 0.6) is 0 Å². The Hall–Kier alpha value is -1.01. The molecule has 0 fully saturated rings. The normalized spacial score (nSPS) is 14.3. The molecule has 0 aliphatic heterocycles. The summed E-state index contributed by atoms with van der Waals surface area (Å²) in [6.45, 7) is 9.38. The smallest absolute Gasteiger partial charge is 0.234 e. The van der Waals surface area contributed by atoms with Gasteiger partial charge >= 0.3 is 0 Å². The summed E-state index contributed by atoms with van der Waals surface area (Å²) in [5.74, 6) is 1.22. The third-order valence-corrected chi connectivity index (χ3v) is 3.94. The minimum Gasteiger partial charge on any atom is -0.330 e. The molecule has 2 heterocycles. The maximum Gasteiger partial charge on any atom is 0.234 e. The number of nitrogens with zero attached hydrogens (tertiary/aromatic N) is 4. The highest BCUT2D eigenvalue weighted by atomic mass is 32.1. The number of hydrogen-bond acceptors (Lipinski definition) is 5. The van der Waals surface area contributed by atoms with Crippen LogP contribution in [0.1, 0.15) is 50.9 Å². The molecule has 0 amide bonds. The van der Waals surface area contributed by atoms with Gasteiger partial charge in [0.05, 0.1) is 0 Å². The van der Waals surface area contributed by atoms with E-state index in [1.165, 1.54) is 0 Å². The van der Waals surface area contributed by atoms with Gasteiger partial charge in [-0.25, -0.2) is 0 Å². The second-order valence-corrected chi connectivity index (χ2v) is 6.79. The van der Waals surface area contributed by atoms with Crippen LogP contribution in [0.15, 0.2) is 0 Å². The highest BCUT2D eigenvalue weighted by Crippen LogP contribution is 2.32. The molecule has 0 radical (unpaired) electrons. The minimum atomic E-state index is 0.254. The second kappa shape index (κ2) is 4.93. The van der Waals surface area contributed by atoms with Crippen molar-refractivity contribution in [3.63, 3.8) is 0 Å². The van der Waals surface area contributed by atoms with Crippen LogP contribution in [0.4, 0.5) is 0 Å². The van der Waals surface area contributed by atoms with E-state index in [0.717, 1.165) is 28.6 Å². The monoisotopic (exact) mass is 267 g/mol. The van der Waals surface area contributed by atoms with E-state index in [2.05, 4.69) is 43.0 Å². The van der Waals surface area contributed by atoms with Gasteiger partial charge in [0.2, 0.25) is 4.96 Å². The van der Waals surface area contributed by atoms with Gasteiger partial charge in [-0.3, -0.25) is 0 Å². The summed E-state index contributed by atoms with van der Waals surface area (Å²) >= 11 is 1.61. The van der Waals surface area contributed by atoms with Crippen LogP contribution in [0.3, 0.4) is 0 Å². The van der Waals surface area contributed by atoms with Crippen LogP contribution < -0.4 is 5.73 Å². The largest absolute Gasteiger partial charge is 0.330 e. The van der Waals surface area contributed by atoms with Crippen LogP contribution in [0.25, 0.3) is 4.96 Å². The molecule has 0 saturated heterocycles. The first-order valence-electron chi connectivity index (χ1n) is 6.35. The molecule has 100 valence electrons. The third-order valence-electron chi connectivity index (χ3n) is 2.88. The van der Waals surface area contributed by atoms with E-state index >= 15 is 0 Å². The van der Waals surface area contributed by atoms with Gasteiger partial charge in [-0.15, -0.1) is 10.2 Å². The molecule has 1 atom stereocenters. The molecule has 2 rings (SSSR count). The van der Waals surface area contributed by atoms with Crippen LogP contribution in [-0.4, -0.2) is 26.4 Å². The zero-order valence-electron chi connectivity index (χ0n) is 11.5. The van der Waals surface area contributed by atoms with Crippen molar-refractivity contribution in [1.82, 2.24) is 19.8 Å². The highest BCUT2D eigenvalue weighted by Gasteiger charge is 2.23. The molecular weight excluding hydrogens is 246 g/mol. The molecule has 0 aliphatic rings. The summed E-state index contributed by atoms with van der Waals surface area (Å²) in [5.41, 5.74) is 6.15. The fourth-order valence-electron chi connectivity index (χ4n) is 2.07. The number of fused-ring (bicyclic) bond motifs is 1. The molecular formula is C12H21N5S. The maximum atomic E-state index is 5.89. The van der Waals surface area contributed by atoms with E-state index in [-0.39, 0.29) is 5.41 Å². The Morgan fingerprint density at radius 2 is 2.06 bits per heavy atom. The first-order valence-corrected chi connectivity index (χ1v) is 7.17. The van der Waals surface area contributed by atoms with E-state index in [9.17, 15) is 0 Å². The van der Waals surface area contributed by atoms with Crippen molar-refractivity contribution in [3.05, 3.63) is 10.8 Å². The lowest BCUT2D eigenvalue weighted by molar-refractivity contribution is 0.340. The van der Waals surface area contributed by atoms with Crippen molar-refractivity contribution in [2.75, 3.05) is 6.54 Å². The maximum absolute atomic E-state index is 5.89. The fraction of sp³-hybridized carbons (Fsp3) is 0.750. The molecule has 0 aliphatic carbocycles. The van der Waals surface area contributed by atoms with Gasteiger partial charge in [0, 0.05) is 18.9 Å². The Bertz CT molecular complexity index is 522. The van der Waals surface area contributed by atoms with E-state index in [4.69, 9.17) is 5.73 Å². The summed E-state index contributed by atoms with van der Waals surface area (Å²) in [7, 11) is 0. The van der Waals surface area contributed by atoms with Crippen molar-refractivity contribution in [2.24, 2.45) is 11.1 Å². The van der Waals surface area contributed by atoms with Crippen molar-refractivity contribution in [1.29, 1.82) is 0 Å². The van der Waals surface area contributed by atoms with Crippen LogP contribution in [0, 0.1) is 5.41 Å². The summed E-state index contributed by atoms with van der Waals surface area (Å²) in [6, 6.07) is 0. The average Bonchev–Trinajstić information content (AvgIpc) is 2.83. The minimum absolute atomic E-state index is 0.254. The fourth-order valence-corrected chi connectivity index (χ4v) is 3.04. The first kappa shape index (κ1) is 13.4. The van der Waals surface area contributed by atoms with Gasteiger partial charge in [-0.2, -0.15) is 9.61 Å². The van der Waals surface area contributed by atoms with Gasteiger partial charge < -0.3 is 5.73 Å². The second-order valence-electron chi connectivity index (χ2n) is 5.80. The lowest BCUT2D eigenvalue weighted by Gasteiger charge is -2.23. The van der Waals surface area contributed by atoms with E-state index < -0.39 is 0 Å². The number of aromatic nitrogens is 4. The Labute approximate surface area is 111 Å². The molecule has 0 saturated carbocycles. The lowest BCUT2D eigenvalue weighted by atomic mass is 9.85. The van der Waals surface area contributed by atoms with Gasteiger partial charge in [0.1, 0.15) is 5.01 Å². The number of nitrogens with two attached hydrogens (primary N) is 1. The van der Waals surface area contributed by atoms with Crippen LogP contribution in [-0.2, 0) is 6.42 Å². The summed E-state index contributed by atoms with van der Waals surface area (Å²) in [4.78, 5) is 0.870. The molecule has 0 spiro atoms. The predicted molar refractivity (Wildman–Crippen MR) is 73.9 cm³/mol. The Morgan fingerprint density at radius 1 is 1.33 bits per heavy atom. The first-order chi connectivity index (χ1) is 8.44. The van der Waals surface area contributed by atoms with Gasteiger partial charge in [0.25, 0.3) is 0 Å². The van der Waals surface area contributed by atoms with Crippen molar-refractivity contribution in [2.45, 2.75) is 46.5 Å². The summed E-state index contributed by atoms with van der Waals surface area (Å²) < 4.78 is 1.85. The van der Waals surface area contributed by atoms with E-state index in [1.807, 2.05) is 4.52 Å². The Kier molecular flexibility index (Phi) is 3.68. The van der Waals surface area contributed by atoms with Crippen molar-refractivity contribution >= 4 is 16.3 Å². The van der Waals surface area contributed by atoms with Gasteiger partial charge in [0.15, 0.2) is 5.82 Å². The van der Waals surface area contributed by atoms with Crippen molar-refractivity contribution in [3.8, 4) is 0 Å². The number of hydrogen-bond donors (Lipinski definition) is 1. The zero-order valence-corrected chi connectivity index (χ0v) is 12.3. The Balaban J connectivity index is 2.31. The molecule has 6 heteroatoms. The molecule has 1 unspecified atom stereocenters. The zero-order chi connectivity index (χ0) is 13.3. The molecule has 2 aromatic heterocycles. The van der Waals surface area contributed by atoms with Gasteiger partial charge in [-0.1, -0.05) is 39.0 Å². The van der Waals surface area contributed by atoms with Crippen LogP contribution in [0.2, 0.25) is 0 Å². The lowest BCUT2D eigenvalue weighted by Crippen LogP contribution is -2.19. The number of rotatable bonds is 4. The third kappa shape index (κ3) is 2.70. The SMILES string of the molecule is CCc1nnc2sc(C(CN)CC(C)(C)C)nn12. The molecule has 0 aromatic carbocycles. The highest BCUT2D eigenvalue weighted by molar-refractivity contribution is 7.16. The van der Waals surface area contributed by atoms with E-state index in [1.54, 1.807) is 11.3 Å². The predicted octanol–water partition coefficient (Wildman–Crippen LogP) is 2.23. The number of aryl methyl sites for hydroxylation is 1. The molecule has 18 heavy (non-hydrogen) atoms. The summed E-state index contributed by atoms with van der Waals surface area (Å²) in [6.07, 6.45) is 1.88. The molecule has 2 aromatic rings. The van der Waals surface area contributed by atoms with Crippen LogP contribution >= 0.6 is 11.3 Å². The molecule has 5 nitrogen and oxygen atoms in total. The standard InChI is InChI=1S/C12H21N5S/c1-5-9-14-15-11-17(9)16-10(18-11)8(7-13)6-12(2,3)4/h8H,5-7,13H2,1-4H3. The van der Waals surface area contributed by atoms with E-state index in [0.29, 0.717) is 12.5 Å². The molecule has 2 N–H and O–H groups in total.